The van der Waals surface area contributed by atoms with Gasteiger partial charge in [-0.2, -0.15) is 0 Å². The molecule has 0 heterocycles. The molecule has 1 amide bonds. The molecular weight excluding hydrogens is 369 g/mol. The van der Waals surface area contributed by atoms with E-state index in [0.717, 1.165) is 24.0 Å². The summed E-state index contributed by atoms with van der Waals surface area (Å²) in [6.07, 6.45) is 3.28. The third kappa shape index (κ3) is 4.66. The maximum atomic E-state index is 12.9. The van der Waals surface area contributed by atoms with Gasteiger partial charge in [0.2, 0.25) is 0 Å². The van der Waals surface area contributed by atoms with Crippen LogP contribution < -0.4 is 5.32 Å². The molecule has 27 heavy (non-hydrogen) atoms. The fourth-order valence-corrected chi connectivity index (χ4v) is 3.61. The summed E-state index contributed by atoms with van der Waals surface area (Å²) in [7, 11) is 0. The lowest BCUT2D eigenvalue weighted by atomic mass is 9.79. The van der Waals surface area contributed by atoms with Crippen LogP contribution >= 0.6 is 11.6 Å². The van der Waals surface area contributed by atoms with E-state index in [2.05, 4.69) is 5.32 Å². The van der Waals surface area contributed by atoms with Crippen LogP contribution in [0.2, 0.25) is 5.02 Å². The number of ether oxygens (including phenoxy) is 1. The molecule has 1 aliphatic carbocycles. The number of rotatable bonds is 6. The van der Waals surface area contributed by atoms with Gasteiger partial charge in [-0.15, -0.1) is 0 Å². The number of carbonyl (C=O) groups excluding carboxylic acids is 2. The number of hydrogen-bond donors (Lipinski definition) is 1. The Hall–Kier alpha value is -2.40. The Kier molecular flexibility index (Phi) is 6.11. The minimum absolute atomic E-state index is 0.249. The highest BCUT2D eigenvalue weighted by Gasteiger charge is 2.44. The zero-order valence-electron chi connectivity index (χ0n) is 14.8. The van der Waals surface area contributed by atoms with E-state index in [1.807, 2.05) is 12.1 Å². The fraction of sp³-hybridized carbons (Fsp3) is 0.333. The van der Waals surface area contributed by atoms with Crippen molar-refractivity contribution in [3.8, 4) is 0 Å². The van der Waals surface area contributed by atoms with E-state index in [4.69, 9.17) is 16.3 Å². The Morgan fingerprint density at radius 2 is 1.67 bits per heavy atom. The molecular formula is C21H21ClFNO3. The van der Waals surface area contributed by atoms with E-state index in [-0.39, 0.29) is 24.9 Å². The SMILES string of the molecule is O=C(COC(=O)C1(c2ccc(Cl)cc2)CCCC1)NCc1ccc(F)cc1. The first-order valence-electron chi connectivity index (χ1n) is 8.94. The van der Waals surface area contributed by atoms with E-state index in [0.29, 0.717) is 17.9 Å². The summed E-state index contributed by atoms with van der Waals surface area (Å²) in [5, 5.41) is 3.28. The van der Waals surface area contributed by atoms with Crippen LogP contribution in [0.3, 0.4) is 0 Å². The van der Waals surface area contributed by atoms with Crippen LogP contribution in [0, 0.1) is 5.82 Å². The molecule has 0 spiro atoms. The minimum Gasteiger partial charge on any atom is -0.455 e. The Bertz CT molecular complexity index is 799. The minimum atomic E-state index is -0.707. The molecule has 0 atom stereocenters. The zero-order chi connectivity index (χ0) is 19.3. The third-order valence-electron chi connectivity index (χ3n) is 4.98. The number of halogens is 2. The van der Waals surface area contributed by atoms with Gasteiger partial charge < -0.3 is 10.1 Å². The third-order valence-corrected chi connectivity index (χ3v) is 5.23. The summed E-state index contributed by atoms with van der Waals surface area (Å²) in [6.45, 7) is -0.0889. The summed E-state index contributed by atoms with van der Waals surface area (Å²) in [6, 6.07) is 13.1. The quantitative estimate of drug-likeness (QED) is 0.755. The Morgan fingerprint density at radius 3 is 2.30 bits per heavy atom. The van der Waals surface area contributed by atoms with Gasteiger partial charge in [0.1, 0.15) is 5.82 Å². The molecule has 2 aromatic carbocycles. The van der Waals surface area contributed by atoms with E-state index >= 15 is 0 Å². The van der Waals surface area contributed by atoms with Crippen LogP contribution in [0.25, 0.3) is 0 Å². The summed E-state index contributed by atoms with van der Waals surface area (Å²) >= 11 is 5.95. The number of esters is 1. The van der Waals surface area contributed by atoms with Crippen LogP contribution in [-0.4, -0.2) is 18.5 Å². The number of nitrogens with one attached hydrogen (secondary N) is 1. The van der Waals surface area contributed by atoms with Gasteiger partial charge in [-0.05, 0) is 48.2 Å². The lowest BCUT2D eigenvalue weighted by Crippen LogP contribution is -2.37. The van der Waals surface area contributed by atoms with Gasteiger partial charge in [0.15, 0.2) is 6.61 Å². The Labute approximate surface area is 162 Å². The Morgan fingerprint density at radius 1 is 1.04 bits per heavy atom. The monoisotopic (exact) mass is 389 g/mol. The van der Waals surface area contributed by atoms with Crippen molar-refractivity contribution in [2.24, 2.45) is 0 Å². The van der Waals surface area contributed by atoms with Crippen molar-refractivity contribution in [3.05, 3.63) is 70.5 Å². The summed E-state index contributed by atoms with van der Waals surface area (Å²) in [5.41, 5.74) is 0.938. The van der Waals surface area contributed by atoms with E-state index in [9.17, 15) is 14.0 Å². The van der Waals surface area contributed by atoms with Crippen LogP contribution in [0.15, 0.2) is 48.5 Å². The number of amides is 1. The number of carbonyl (C=O) groups is 2. The molecule has 1 N–H and O–H groups in total. The lowest BCUT2D eigenvalue weighted by Gasteiger charge is -2.27. The van der Waals surface area contributed by atoms with Crippen molar-refractivity contribution in [3.63, 3.8) is 0 Å². The Balaban J connectivity index is 1.57. The first-order chi connectivity index (χ1) is 13.0. The van der Waals surface area contributed by atoms with Crippen molar-refractivity contribution in [1.82, 2.24) is 5.32 Å². The molecule has 0 aliphatic heterocycles. The molecule has 0 saturated heterocycles. The van der Waals surface area contributed by atoms with Crippen LogP contribution in [0.4, 0.5) is 4.39 Å². The predicted octanol–water partition coefficient (Wildman–Crippen LogP) is 4.15. The van der Waals surface area contributed by atoms with Gasteiger partial charge in [-0.3, -0.25) is 9.59 Å². The molecule has 2 aromatic rings. The first-order valence-corrected chi connectivity index (χ1v) is 9.32. The van der Waals surface area contributed by atoms with Crippen LogP contribution in [-0.2, 0) is 26.3 Å². The molecule has 1 aliphatic rings. The van der Waals surface area contributed by atoms with Crippen molar-refractivity contribution in [2.45, 2.75) is 37.6 Å². The van der Waals surface area contributed by atoms with Crippen molar-refractivity contribution in [2.75, 3.05) is 6.61 Å². The second kappa shape index (κ2) is 8.53. The maximum Gasteiger partial charge on any atom is 0.317 e. The normalized spacial score (nSPS) is 15.3. The molecule has 0 unspecified atom stereocenters. The molecule has 1 fully saturated rings. The highest BCUT2D eigenvalue weighted by Crippen LogP contribution is 2.42. The van der Waals surface area contributed by atoms with Crippen LogP contribution in [0.5, 0.6) is 0 Å². The zero-order valence-corrected chi connectivity index (χ0v) is 15.6. The molecule has 142 valence electrons. The van der Waals surface area contributed by atoms with Gasteiger partial charge in [0.05, 0.1) is 5.41 Å². The largest absolute Gasteiger partial charge is 0.455 e. The summed E-state index contributed by atoms with van der Waals surface area (Å²) in [4.78, 5) is 24.8. The fourth-order valence-electron chi connectivity index (χ4n) is 3.48. The van der Waals surface area contributed by atoms with Crippen molar-refractivity contribution >= 4 is 23.5 Å². The first kappa shape index (κ1) is 19.4. The number of hydrogen-bond acceptors (Lipinski definition) is 3. The highest BCUT2D eigenvalue weighted by molar-refractivity contribution is 6.30. The smallest absolute Gasteiger partial charge is 0.317 e. The van der Waals surface area contributed by atoms with Crippen molar-refractivity contribution < 1.29 is 18.7 Å². The second-order valence-electron chi connectivity index (χ2n) is 6.78. The lowest BCUT2D eigenvalue weighted by molar-refractivity contribution is -0.154. The standard InChI is InChI=1S/C21H21ClFNO3/c22-17-7-5-16(6-8-17)21(11-1-2-12-21)20(26)27-14-19(25)24-13-15-3-9-18(23)10-4-15/h3-10H,1-2,11-14H2,(H,24,25). The van der Waals surface area contributed by atoms with E-state index in [1.54, 1.807) is 24.3 Å². The van der Waals surface area contributed by atoms with E-state index < -0.39 is 11.3 Å². The van der Waals surface area contributed by atoms with E-state index in [1.165, 1.54) is 12.1 Å². The predicted molar refractivity (Wildman–Crippen MR) is 101 cm³/mol. The van der Waals surface area contributed by atoms with Crippen LogP contribution in [0.1, 0.15) is 36.8 Å². The van der Waals surface area contributed by atoms with Gasteiger partial charge >= 0.3 is 5.97 Å². The molecule has 0 radical (unpaired) electrons. The maximum absolute atomic E-state index is 12.9. The number of benzene rings is 2. The van der Waals surface area contributed by atoms with Gasteiger partial charge in [-0.25, -0.2) is 4.39 Å². The average Bonchev–Trinajstić information content (AvgIpc) is 3.17. The van der Waals surface area contributed by atoms with Crippen molar-refractivity contribution in [1.29, 1.82) is 0 Å². The van der Waals surface area contributed by atoms with Gasteiger partial charge in [0.25, 0.3) is 5.91 Å². The van der Waals surface area contributed by atoms with Gasteiger partial charge in [0, 0.05) is 11.6 Å². The topological polar surface area (TPSA) is 55.4 Å². The summed E-state index contributed by atoms with van der Waals surface area (Å²) in [5.74, 6) is -1.10. The molecule has 3 rings (SSSR count). The molecule has 0 aromatic heterocycles. The average molecular weight is 390 g/mol. The van der Waals surface area contributed by atoms with Gasteiger partial charge in [-0.1, -0.05) is 48.7 Å². The molecule has 4 nitrogen and oxygen atoms in total. The molecule has 6 heteroatoms. The second-order valence-corrected chi connectivity index (χ2v) is 7.21. The highest BCUT2D eigenvalue weighted by atomic mass is 35.5. The molecule has 1 saturated carbocycles. The summed E-state index contributed by atoms with van der Waals surface area (Å²) < 4.78 is 18.2. The molecule has 0 bridgehead atoms.